The summed E-state index contributed by atoms with van der Waals surface area (Å²) in [6.07, 6.45) is 0. The van der Waals surface area contributed by atoms with Gasteiger partial charge in [0, 0.05) is 5.69 Å². The molecule has 4 nitrogen and oxygen atoms in total. The topological polar surface area (TPSA) is 47.6 Å². The fourth-order valence-electron chi connectivity index (χ4n) is 1.87. The second-order valence-corrected chi connectivity index (χ2v) is 4.92. The molecule has 22 heavy (non-hydrogen) atoms. The minimum absolute atomic E-state index is 0.215. The number of ether oxygens (including phenoxy) is 2. The van der Waals surface area contributed by atoms with Crippen LogP contribution < -0.4 is 14.8 Å². The molecule has 0 fully saturated rings. The number of para-hydroxylation sites is 1. The van der Waals surface area contributed by atoms with Gasteiger partial charge in [-0.1, -0.05) is 18.7 Å². The zero-order chi connectivity index (χ0) is 15.9. The Morgan fingerprint density at radius 1 is 1.14 bits per heavy atom. The molecule has 0 atom stereocenters. The maximum Gasteiger partial charge on any atom is 0.259 e. The minimum Gasteiger partial charge on any atom is -0.496 e. The monoisotopic (exact) mass is 297 g/mol. The number of hydrogen-bond donors (Lipinski definition) is 1. The molecule has 1 N–H and O–H groups in total. The quantitative estimate of drug-likeness (QED) is 0.823. The van der Waals surface area contributed by atoms with Gasteiger partial charge < -0.3 is 14.8 Å². The molecule has 0 bridgehead atoms. The van der Waals surface area contributed by atoms with Crippen LogP contribution in [-0.2, 0) is 0 Å². The van der Waals surface area contributed by atoms with Crippen LogP contribution in [0.3, 0.4) is 0 Å². The third-order valence-corrected chi connectivity index (χ3v) is 2.95. The Bertz CT molecular complexity index is 662. The normalized spacial score (nSPS) is 9.91. The summed E-state index contributed by atoms with van der Waals surface area (Å²) in [7, 11) is 1.54. The maximum atomic E-state index is 12.3. The van der Waals surface area contributed by atoms with Crippen molar-refractivity contribution < 1.29 is 14.3 Å². The van der Waals surface area contributed by atoms with Gasteiger partial charge in [0.1, 0.15) is 18.1 Å². The van der Waals surface area contributed by atoms with Gasteiger partial charge in [0.25, 0.3) is 5.91 Å². The van der Waals surface area contributed by atoms with Gasteiger partial charge in [-0.15, -0.1) is 0 Å². The third kappa shape index (κ3) is 4.12. The van der Waals surface area contributed by atoms with E-state index in [4.69, 9.17) is 9.47 Å². The highest BCUT2D eigenvalue weighted by Crippen LogP contribution is 2.20. The van der Waals surface area contributed by atoms with Crippen LogP contribution in [0.2, 0.25) is 0 Å². The molecular formula is C18H19NO3. The summed E-state index contributed by atoms with van der Waals surface area (Å²) in [5.74, 6) is 1.06. The lowest BCUT2D eigenvalue weighted by Crippen LogP contribution is -2.13. The number of nitrogens with one attached hydrogen (secondary N) is 1. The zero-order valence-corrected chi connectivity index (χ0v) is 12.8. The Morgan fingerprint density at radius 2 is 1.82 bits per heavy atom. The Kier molecular flexibility index (Phi) is 5.20. The van der Waals surface area contributed by atoms with E-state index in [-0.39, 0.29) is 5.91 Å². The number of hydrogen-bond acceptors (Lipinski definition) is 3. The Morgan fingerprint density at radius 3 is 2.45 bits per heavy atom. The van der Waals surface area contributed by atoms with Gasteiger partial charge in [0.05, 0.1) is 12.7 Å². The summed E-state index contributed by atoms with van der Waals surface area (Å²) < 4.78 is 10.7. The van der Waals surface area contributed by atoms with Crippen molar-refractivity contribution in [2.45, 2.75) is 6.92 Å². The first-order valence-corrected chi connectivity index (χ1v) is 6.92. The number of rotatable bonds is 6. The van der Waals surface area contributed by atoms with Crippen LogP contribution in [0.4, 0.5) is 5.69 Å². The highest BCUT2D eigenvalue weighted by atomic mass is 16.5. The smallest absolute Gasteiger partial charge is 0.259 e. The van der Waals surface area contributed by atoms with Crippen LogP contribution in [0.5, 0.6) is 11.5 Å². The van der Waals surface area contributed by atoms with E-state index in [0.717, 1.165) is 11.3 Å². The largest absolute Gasteiger partial charge is 0.496 e. The Hall–Kier alpha value is -2.75. The van der Waals surface area contributed by atoms with E-state index in [2.05, 4.69) is 11.9 Å². The maximum absolute atomic E-state index is 12.3. The van der Waals surface area contributed by atoms with Crippen molar-refractivity contribution in [3.63, 3.8) is 0 Å². The summed E-state index contributed by atoms with van der Waals surface area (Å²) in [5.41, 5.74) is 2.14. The van der Waals surface area contributed by atoms with E-state index in [1.807, 2.05) is 13.0 Å². The molecule has 0 unspecified atom stereocenters. The summed E-state index contributed by atoms with van der Waals surface area (Å²) in [4.78, 5) is 12.3. The molecule has 2 aromatic rings. The lowest BCUT2D eigenvalue weighted by Gasteiger charge is -2.10. The van der Waals surface area contributed by atoms with Crippen molar-refractivity contribution >= 4 is 11.6 Å². The van der Waals surface area contributed by atoms with Gasteiger partial charge in [-0.05, 0) is 48.9 Å². The Labute approximate surface area is 130 Å². The van der Waals surface area contributed by atoms with Crippen LogP contribution in [0, 0.1) is 0 Å². The lowest BCUT2D eigenvalue weighted by atomic mass is 10.2. The molecule has 0 spiro atoms. The first-order valence-electron chi connectivity index (χ1n) is 6.92. The summed E-state index contributed by atoms with van der Waals surface area (Å²) in [5, 5.41) is 2.83. The molecular weight excluding hydrogens is 278 g/mol. The van der Waals surface area contributed by atoms with Gasteiger partial charge in [-0.25, -0.2) is 0 Å². The molecule has 4 heteroatoms. The number of methoxy groups -OCH3 is 1. The molecule has 0 saturated carbocycles. The van der Waals surface area contributed by atoms with E-state index in [0.29, 0.717) is 23.6 Å². The third-order valence-electron chi connectivity index (χ3n) is 2.95. The first-order chi connectivity index (χ1) is 10.6. The first kappa shape index (κ1) is 15.6. The van der Waals surface area contributed by atoms with Crippen molar-refractivity contribution in [3.8, 4) is 11.5 Å². The number of anilines is 1. The second-order valence-electron chi connectivity index (χ2n) is 4.92. The van der Waals surface area contributed by atoms with Crippen LogP contribution >= 0.6 is 0 Å². The van der Waals surface area contributed by atoms with E-state index < -0.39 is 0 Å². The summed E-state index contributed by atoms with van der Waals surface area (Å²) in [6, 6.07) is 14.3. The van der Waals surface area contributed by atoms with Gasteiger partial charge in [0.15, 0.2) is 0 Å². The van der Waals surface area contributed by atoms with Crippen molar-refractivity contribution in [2.75, 3.05) is 19.0 Å². The average Bonchev–Trinajstić information content (AvgIpc) is 2.54. The molecule has 0 radical (unpaired) electrons. The van der Waals surface area contributed by atoms with Crippen LogP contribution in [0.25, 0.3) is 0 Å². The van der Waals surface area contributed by atoms with E-state index >= 15 is 0 Å². The number of carbonyl (C=O) groups is 1. The molecule has 0 aromatic heterocycles. The standard InChI is InChI=1S/C18H19NO3/c1-13(2)12-22-15-10-8-14(9-11-15)19-18(20)16-6-4-5-7-17(16)21-3/h4-11H,1,12H2,2-3H3,(H,19,20). The molecule has 2 rings (SSSR count). The highest BCUT2D eigenvalue weighted by Gasteiger charge is 2.11. The average molecular weight is 297 g/mol. The highest BCUT2D eigenvalue weighted by molar-refractivity contribution is 6.06. The number of benzene rings is 2. The molecule has 1 amide bonds. The van der Waals surface area contributed by atoms with E-state index in [1.54, 1.807) is 49.6 Å². The number of carbonyl (C=O) groups excluding carboxylic acids is 1. The van der Waals surface area contributed by atoms with Gasteiger partial charge in [0.2, 0.25) is 0 Å². The predicted molar refractivity (Wildman–Crippen MR) is 87.7 cm³/mol. The van der Waals surface area contributed by atoms with Gasteiger partial charge in [-0.3, -0.25) is 4.79 Å². The minimum atomic E-state index is -0.215. The van der Waals surface area contributed by atoms with Crippen molar-refractivity contribution in [1.29, 1.82) is 0 Å². The zero-order valence-electron chi connectivity index (χ0n) is 12.8. The molecule has 2 aromatic carbocycles. The van der Waals surface area contributed by atoms with Gasteiger partial charge in [-0.2, -0.15) is 0 Å². The lowest BCUT2D eigenvalue weighted by molar-refractivity contribution is 0.102. The molecule has 0 aliphatic heterocycles. The molecule has 0 heterocycles. The van der Waals surface area contributed by atoms with Crippen LogP contribution in [-0.4, -0.2) is 19.6 Å². The Balaban J connectivity index is 2.04. The van der Waals surface area contributed by atoms with Crippen LogP contribution in [0.15, 0.2) is 60.7 Å². The molecule has 0 saturated heterocycles. The second kappa shape index (κ2) is 7.31. The SMILES string of the molecule is C=C(C)COc1ccc(NC(=O)c2ccccc2OC)cc1. The van der Waals surface area contributed by atoms with E-state index in [1.165, 1.54) is 0 Å². The van der Waals surface area contributed by atoms with Crippen molar-refractivity contribution in [2.24, 2.45) is 0 Å². The van der Waals surface area contributed by atoms with Crippen molar-refractivity contribution in [1.82, 2.24) is 0 Å². The fourth-order valence-corrected chi connectivity index (χ4v) is 1.87. The molecule has 114 valence electrons. The number of amides is 1. The fraction of sp³-hybridized carbons (Fsp3) is 0.167. The molecule has 0 aliphatic carbocycles. The predicted octanol–water partition coefficient (Wildman–Crippen LogP) is 3.90. The van der Waals surface area contributed by atoms with Gasteiger partial charge >= 0.3 is 0 Å². The van der Waals surface area contributed by atoms with Crippen molar-refractivity contribution in [3.05, 3.63) is 66.2 Å². The molecule has 0 aliphatic rings. The van der Waals surface area contributed by atoms with E-state index in [9.17, 15) is 4.79 Å². The summed E-state index contributed by atoms with van der Waals surface area (Å²) in [6.45, 7) is 6.17. The van der Waals surface area contributed by atoms with Crippen LogP contribution in [0.1, 0.15) is 17.3 Å². The summed E-state index contributed by atoms with van der Waals surface area (Å²) >= 11 is 0.